The van der Waals surface area contributed by atoms with Crippen molar-refractivity contribution >= 4 is 23.2 Å². The van der Waals surface area contributed by atoms with Crippen LogP contribution in [0.1, 0.15) is 24.1 Å². The highest BCUT2D eigenvalue weighted by atomic mass is 32.1. The summed E-state index contributed by atoms with van der Waals surface area (Å²) in [6, 6.07) is 4.01. The van der Waals surface area contributed by atoms with Gasteiger partial charge in [0.1, 0.15) is 6.54 Å². The van der Waals surface area contributed by atoms with Crippen molar-refractivity contribution in [3.63, 3.8) is 0 Å². The molecule has 1 rings (SSSR count). The number of halogens is 3. The molecule has 5 nitrogen and oxygen atoms in total. The van der Waals surface area contributed by atoms with E-state index in [0.717, 1.165) is 6.42 Å². The number of unbranched alkanes of at least 4 members (excludes halogenated alkanes) is 1. The van der Waals surface area contributed by atoms with Gasteiger partial charge in [-0.1, -0.05) is 6.07 Å². The van der Waals surface area contributed by atoms with E-state index >= 15 is 0 Å². The average Bonchev–Trinajstić information content (AvgIpc) is 3.03. The lowest BCUT2D eigenvalue weighted by Crippen LogP contribution is -2.40. The minimum absolute atomic E-state index is 0.0100. The normalized spacial score (nSPS) is 12.1. The second-order valence-corrected chi connectivity index (χ2v) is 6.74. The van der Waals surface area contributed by atoms with Crippen molar-refractivity contribution in [2.75, 3.05) is 33.7 Å². The fourth-order valence-corrected chi connectivity index (χ4v) is 2.59. The molecule has 0 atom stereocenters. The lowest BCUT2D eigenvalue weighted by atomic mass is 10.2. The van der Waals surface area contributed by atoms with Crippen molar-refractivity contribution in [1.82, 2.24) is 15.5 Å². The third-order valence-corrected chi connectivity index (χ3v) is 4.23. The molecule has 0 saturated heterocycles. The number of carbonyl (C=O) groups excluding carboxylic acids is 1. The van der Waals surface area contributed by atoms with Crippen LogP contribution in [0.25, 0.3) is 0 Å². The number of likely N-dealkylation sites (N-methyl/N-ethyl adjacent to an activating group) is 1. The Bertz CT molecular complexity index is 530. The van der Waals surface area contributed by atoms with Crippen LogP contribution in [-0.2, 0) is 11.2 Å². The first kappa shape index (κ1) is 21.3. The van der Waals surface area contributed by atoms with Gasteiger partial charge in [-0.05, 0) is 30.7 Å². The maximum Gasteiger partial charge on any atom is 0.389 e. The topological polar surface area (TPSA) is 56.7 Å². The van der Waals surface area contributed by atoms with E-state index < -0.39 is 12.6 Å². The number of carbonyl (C=O) groups is 1. The molecule has 0 aliphatic heterocycles. The first-order chi connectivity index (χ1) is 11.8. The van der Waals surface area contributed by atoms with Gasteiger partial charge in [0.05, 0.1) is 0 Å². The minimum atomic E-state index is -4.12. The van der Waals surface area contributed by atoms with E-state index in [0.29, 0.717) is 25.5 Å². The molecule has 1 aromatic rings. The highest BCUT2D eigenvalue weighted by Crippen LogP contribution is 2.21. The van der Waals surface area contributed by atoms with Crippen LogP contribution < -0.4 is 10.6 Å². The summed E-state index contributed by atoms with van der Waals surface area (Å²) in [5.41, 5.74) is 0. The van der Waals surface area contributed by atoms with E-state index in [9.17, 15) is 18.0 Å². The molecule has 0 aliphatic carbocycles. The zero-order valence-corrected chi connectivity index (χ0v) is 15.3. The highest BCUT2D eigenvalue weighted by molar-refractivity contribution is 7.09. The molecule has 0 aromatic carbocycles. The quantitative estimate of drug-likeness (QED) is 0.395. The first-order valence-corrected chi connectivity index (χ1v) is 8.97. The molecule has 1 heterocycles. The number of hydrogen-bond acceptors (Lipinski definition) is 3. The predicted molar refractivity (Wildman–Crippen MR) is 94.9 cm³/mol. The smallest absolute Gasteiger partial charge is 0.356 e. The molecule has 2 N–H and O–H groups in total. The SMILES string of the molecule is CN(C)C(=O)CN=C(NCCCCC(F)(F)F)NCCc1cccs1. The van der Waals surface area contributed by atoms with Crippen LogP contribution in [0.2, 0.25) is 0 Å². The van der Waals surface area contributed by atoms with E-state index in [1.54, 1.807) is 25.4 Å². The summed E-state index contributed by atoms with van der Waals surface area (Å²) in [4.78, 5) is 18.5. The molecule has 1 aromatic heterocycles. The summed E-state index contributed by atoms with van der Waals surface area (Å²) in [5.74, 6) is 0.301. The molecule has 0 bridgehead atoms. The zero-order chi connectivity index (χ0) is 18.7. The van der Waals surface area contributed by atoms with E-state index in [2.05, 4.69) is 15.6 Å². The van der Waals surface area contributed by atoms with Crippen molar-refractivity contribution in [1.29, 1.82) is 0 Å². The second kappa shape index (κ2) is 11.0. The Labute approximate surface area is 150 Å². The largest absolute Gasteiger partial charge is 0.389 e. The number of guanidine groups is 1. The maximum atomic E-state index is 12.1. The van der Waals surface area contributed by atoms with Crippen LogP contribution in [0.4, 0.5) is 13.2 Å². The number of hydrogen-bond donors (Lipinski definition) is 2. The van der Waals surface area contributed by atoms with Crippen molar-refractivity contribution in [2.45, 2.75) is 31.9 Å². The molecule has 0 unspecified atom stereocenters. The van der Waals surface area contributed by atoms with Gasteiger partial charge in [0.2, 0.25) is 5.91 Å². The number of alkyl halides is 3. The van der Waals surface area contributed by atoms with E-state index in [1.807, 2.05) is 17.5 Å². The van der Waals surface area contributed by atoms with E-state index in [-0.39, 0.29) is 18.9 Å². The number of amides is 1. The third kappa shape index (κ3) is 10.6. The third-order valence-electron chi connectivity index (χ3n) is 3.29. The summed E-state index contributed by atoms with van der Waals surface area (Å²) in [5, 5.41) is 8.10. The molecule has 0 fully saturated rings. The standard InChI is InChI=1S/C16H25F3N4OS/c1-23(2)14(24)12-22-15(20-9-4-3-8-16(17,18)19)21-10-7-13-6-5-11-25-13/h5-6,11H,3-4,7-10,12H2,1-2H3,(H2,20,21,22). The predicted octanol–water partition coefficient (Wildman–Crippen LogP) is 2.65. The van der Waals surface area contributed by atoms with Gasteiger partial charge in [0, 0.05) is 38.5 Å². The Balaban J connectivity index is 2.40. The van der Waals surface area contributed by atoms with E-state index in [1.165, 1.54) is 9.78 Å². The van der Waals surface area contributed by atoms with Gasteiger partial charge >= 0.3 is 6.18 Å². The maximum absolute atomic E-state index is 12.1. The lowest BCUT2D eigenvalue weighted by Gasteiger charge is -2.14. The zero-order valence-electron chi connectivity index (χ0n) is 14.5. The highest BCUT2D eigenvalue weighted by Gasteiger charge is 2.25. The van der Waals surface area contributed by atoms with Crippen LogP contribution in [0.15, 0.2) is 22.5 Å². The van der Waals surface area contributed by atoms with Crippen LogP contribution in [-0.4, -0.2) is 56.7 Å². The summed E-state index contributed by atoms with van der Waals surface area (Å²) in [6.45, 7) is 0.992. The second-order valence-electron chi connectivity index (χ2n) is 5.71. The van der Waals surface area contributed by atoms with Crippen molar-refractivity contribution < 1.29 is 18.0 Å². The number of thiophene rings is 1. The van der Waals surface area contributed by atoms with Crippen molar-refractivity contribution in [3.05, 3.63) is 22.4 Å². The Morgan fingerprint density at radius 2 is 1.96 bits per heavy atom. The van der Waals surface area contributed by atoms with Crippen LogP contribution >= 0.6 is 11.3 Å². The first-order valence-electron chi connectivity index (χ1n) is 8.09. The summed E-state index contributed by atoms with van der Waals surface area (Å²) >= 11 is 1.66. The molecular weight excluding hydrogens is 353 g/mol. The van der Waals surface area contributed by atoms with Gasteiger partial charge in [0.25, 0.3) is 0 Å². The average molecular weight is 378 g/mol. The molecule has 0 saturated carbocycles. The Kier molecular flexibility index (Phi) is 9.33. The number of nitrogens with one attached hydrogen (secondary N) is 2. The van der Waals surface area contributed by atoms with Gasteiger partial charge in [-0.3, -0.25) is 4.79 Å². The van der Waals surface area contributed by atoms with Gasteiger partial charge in [-0.25, -0.2) is 4.99 Å². The van der Waals surface area contributed by atoms with Crippen LogP contribution in [0.3, 0.4) is 0 Å². The molecule has 142 valence electrons. The monoisotopic (exact) mass is 378 g/mol. The Morgan fingerprint density at radius 3 is 2.56 bits per heavy atom. The van der Waals surface area contributed by atoms with Crippen LogP contribution in [0.5, 0.6) is 0 Å². The minimum Gasteiger partial charge on any atom is -0.356 e. The summed E-state index contributed by atoms with van der Waals surface area (Å²) in [7, 11) is 3.29. The Morgan fingerprint density at radius 1 is 1.24 bits per heavy atom. The van der Waals surface area contributed by atoms with Gasteiger partial charge < -0.3 is 15.5 Å². The number of nitrogens with zero attached hydrogens (tertiary/aromatic N) is 2. The molecular formula is C16H25F3N4OS. The molecule has 1 amide bonds. The number of aliphatic imine (C=N–C) groups is 1. The fourth-order valence-electron chi connectivity index (χ4n) is 1.88. The molecule has 0 radical (unpaired) electrons. The van der Waals surface area contributed by atoms with Crippen molar-refractivity contribution in [3.8, 4) is 0 Å². The van der Waals surface area contributed by atoms with Gasteiger partial charge in [0.15, 0.2) is 5.96 Å². The van der Waals surface area contributed by atoms with Gasteiger partial charge in [-0.2, -0.15) is 13.2 Å². The lowest BCUT2D eigenvalue weighted by molar-refractivity contribution is -0.135. The molecule has 0 spiro atoms. The Hall–Kier alpha value is -1.77. The molecule has 0 aliphatic rings. The van der Waals surface area contributed by atoms with Crippen LogP contribution in [0, 0.1) is 0 Å². The summed E-state index contributed by atoms with van der Waals surface area (Å²) < 4.78 is 36.4. The molecule has 25 heavy (non-hydrogen) atoms. The molecule has 9 heteroatoms. The van der Waals surface area contributed by atoms with Gasteiger partial charge in [-0.15, -0.1) is 11.3 Å². The van der Waals surface area contributed by atoms with Crippen molar-refractivity contribution in [2.24, 2.45) is 4.99 Å². The van der Waals surface area contributed by atoms with E-state index in [4.69, 9.17) is 0 Å². The summed E-state index contributed by atoms with van der Waals surface area (Å²) in [6.07, 6.45) is -3.64. The number of rotatable bonds is 9. The fraction of sp³-hybridized carbons (Fsp3) is 0.625.